The summed E-state index contributed by atoms with van der Waals surface area (Å²) in [6, 6.07) is -0.633. The van der Waals surface area contributed by atoms with Crippen molar-refractivity contribution in [2.24, 2.45) is 0 Å². The molecule has 0 aromatic carbocycles. The number of amides is 1. The van der Waals surface area contributed by atoms with Crippen LogP contribution in [0.15, 0.2) is 60.8 Å². The average Bonchev–Trinajstić information content (AvgIpc) is 3.48. The van der Waals surface area contributed by atoms with E-state index in [2.05, 4.69) is 67.8 Å². The Kier molecular flexibility index (Phi) is 68.9. The molecular formula is C76H141NO5. The molecule has 0 saturated heterocycles. The number of carbonyl (C=O) groups is 2. The molecule has 0 aliphatic heterocycles. The van der Waals surface area contributed by atoms with Gasteiger partial charge in [0.1, 0.15) is 0 Å². The van der Waals surface area contributed by atoms with Crippen molar-refractivity contribution in [1.82, 2.24) is 5.32 Å². The summed E-state index contributed by atoms with van der Waals surface area (Å²) in [5.41, 5.74) is 0. The minimum atomic E-state index is -0.849. The number of rotatable bonds is 68. The van der Waals surface area contributed by atoms with E-state index in [0.717, 1.165) is 57.8 Å². The van der Waals surface area contributed by atoms with Crippen LogP contribution in [0.3, 0.4) is 0 Å². The molecule has 2 unspecified atom stereocenters. The first kappa shape index (κ1) is 79.6. The van der Waals surface area contributed by atoms with E-state index >= 15 is 0 Å². The van der Waals surface area contributed by atoms with Gasteiger partial charge in [0.05, 0.1) is 25.4 Å². The normalized spacial score (nSPS) is 12.9. The lowest BCUT2D eigenvalue weighted by Gasteiger charge is -2.20. The number of esters is 1. The molecule has 0 aromatic rings. The highest BCUT2D eigenvalue weighted by Gasteiger charge is 2.18. The van der Waals surface area contributed by atoms with Gasteiger partial charge in [-0.2, -0.15) is 0 Å². The summed E-state index contributed by atoms with van der Waals surface area (Å²) in [5.74, 6) is -0.0656. The lowest BCUT2D eigenvalue weighted by atomic mass is 10.0. The monoisotopic (exact) mass is 1150 g/mol. The third-order valence-electron chi connectivity index (χ3n) is 16.8. The molecule has 0 radical (unpaired) electrons. The quantitative estimate of drug-likeness (QED) is 0.0320. The molecule has 0 aromatic heterocycles. The summed E-state index contributed by atoms with van der Waals surface area (Å²) in [6.07, 6.45) is 94.4. The SMILES string of the molecule is CCCCCC/C=C\C/C=C\CCCCCCCCCC(=O)OCCCCCCCCCCC/C=C\C/C=C\CCCCCCCCCCCCCC(=O)NC(CO)C(O)/C=C/CCCCCCCCCCCCCCCCCCCC. The molecular weight excluding hydrogens is 1010 g/mol. The van der Waals surface area contributed by atoms with Crippen LogP contribution in [0.2, 0.25) is 0 Å². The van der Waals surface area contributed by atoms with E-state index in [1.807, 2.05) is 6.08 Å². The maximum absolute atomic E-state index is 12.5. The van der Waals surface area contributed by atoms with Crippen LogP contribution in [0.4, 0.5) is 0 Å². The van der Waals surface area contributed by atoms with E-state index in [9.17, 15) is 19.8 Å². The molecule has 82 heavy (non-hydrogen) atoms. The molecule has 6 heteroatoms. The van der Waals surface area contributed by atoms with Crippen LogP contribution in [0, 0.1) is 0 Å². The first-order chi connectivity index (χ1) is 40.5. The molecule has 0 fully saturated rings. The summed E-state index contributed by atoms with van der Waals surface area (Å²) < 4.78 is 5.50. The topological polar surface area (TPSA) is 95.9 Å². The largest absolute Gasteiger partial charge is 0.466 e. The van der Waals surface area contributed by atoms with Gasteiger partial charge in [-0.3, -0.25) is 9.59 Å². The van der Waals surface area contributed by atoms with E-state index in [-0.39, 0.29) is 18.5 Å². The number of aliphatic hydroxyl groups is 2. The second-order valence-electron chi connectivity index (χ2n) is 24.9. The Balaban J connectivity index is 3.44. The fraction of sp³-hybridized carbons (Fsp3) is 0.842. The minimum absolute atomic E-state index is 0.00295. The van der Waals surface area contributed by atoms with Crippen molar-refractivity contribution in [3.05, 3.63) is 60.8 Å². The van der Waals surface area contributed by atoms with Gasteiger partial charge in [-0.05, 0) is 96.3 Å². The average molecular weight is 1150 g/mol. The van der Waals surface area contributed by atoms with Crippen molar-refractivity contribution in [1.29, 1.82) is 0 Å². The standard InChI is InChI=1S/C76H141NO5/c1-3-5-7-9-11-13-15-17-19-21-23-33-36-40-44-48-52-56-60-64-68-74(79)73(72-78)77-75(80)69-65-61-57-53-49-45-41-37-34-31-29-27-25-24-26-28-30-32-35-39-43-47-51-55-59-63-67-71-82-76(81)70-66-62-58-54-50-46-42-38-22-20-18-16-14-12-10-8-6-4-2/h14,16,20,22,24-25,28,30,64,68,73-74,78-79H,3-13,15,17-19,21,23,26-27,29,31-63,65-67,69-72H2,1-2H3,(H,77,80)/b16-14-,22-20-,25-24-,30-28-,68-64+. The first-order valence-corrected chi connectivity index (χ1v) is 36.6. The van der Waals surface area contributed by atoms with Crippen LogP contribution in [0.5, 0.6) is 0 Å². The molecule has 0 heterocycles. The van der Waals surface area contributed by atoms with E-state index in [4.69, 9.17) is 4.74 Å². The van der Waals surface area contributed by atoms with Crippen LogP contribution in [-0.2, 0) is 14.3 Å². The highest BCUT2D eigenvalue weighted by molar-refractivity contribution is 5.76. The number of ether oxygens (including phenoxy) is 1. The molecule has 0 rings (SSSR count). The molecule has 3 N–H and O–H groups in total. The van der Waals surface area contributed by atoms with Crippen LogP contribution >= 0.6 is 0 Å². The molecule has 2 atom stereocenters. The van der Waals surface area contributed by atoms with Gasteiger partial charge in [0, 0.05) is 12.8 Å². The minimum Gasteiger partial charge on any atom is -0.466 e. The van der Waals surface area contributed by atoms with Crippen LogP contribution in [-0.4, -0.2) is 47.4 Å². The summed E-state index contributed by atoms with van der Waals surface area (Å²) in [4.78, 5) is 24.6. The number of carbonyl (C=O) groups excluding carboxylic acids is 2. The summed E-state index contributed by atoms with van der Waals surface area (Å²) in [6.45, 7) is 4.91. The van der Waals surface area contributed by atoms with E-state index in [1.165, 1.54) is 302 Å². The third kappa shape index (κ3) is 66.7. The number of nitrogens with one attached hydrogen (secondary N) is 1. The van der Waals surface area contributed by atoms with Gasteiger partial charge in [0.15, 0.2) is 0 Å². The Morgan fingerprint density at radius 3 is 0.939 bits per heavy atom. The summed E-state index contributed by atoms with van der Waals surface area (Å²) in [5, 5.41) is 23.2. The first-order valence-electron chi connectivity index (χ1n) is 36.6. The van der Waals surface area contributed by atoms with E-state index < -0.39 is 12.1 Å². The van der Waals surface area contributed by atoms with Gasteiger partial charge < -0.3 is 20.3 Å². The summed E-state index contributed by atoms with van der Waals surface area (Å²) in [7, 11) is 0. The van der Waals surface area contributed by atoms with E-state index in [1.54, 1.807) is 6.08 Å². The molecule has 0 aliphatic rings. The third-order valence-corrected chi connectivity index (χ3v) is 16.8. The maximum atomic E-state index is 12.5. The maximum Gasteiger partial charge on any atom is 0.305 e. The zero-order valence-electron chi connectivity index (χ0n) is 55.0. The molecule has 0 bridgehead atoms. The molecule has 0 spiro atoms. The lowest BCUT2D eigenvalue weighted by molar-refractivity contribution is -0.143. The van der Waals surface area contributed by atoms with Crippen molar-refractivity contribution >= 4 is 11.9 Å². The van der Waals surface area contributed by atoms with Gasteiger partial charge in [0.2, 0.25) is 5.91 Å². The van der Waals surface area contributed by atoms with Crippen molar-refractivity contribution in [3.8, 4) is 0 Å². The molecule has 6 nitrogen and oxygen atoms in total. The molecule has 0 saturated carbocycles. The lowest BCUT2D eigenvalue weighted by Crippen LogP contribution is -2.45. The zero-order valence-corrected chi connectivity index (χ0v) is 55.0. The Labute approximate surface area is 511 Å². The van der Waals surface area contributed by atoms with Crippen molar-refractivity contribution in [3.63, 3.8) is 0 Å². The van der Waals surface area contributed by atoms with Crippen molar-refractivity contribution < 1.29 is 24.5 Å². The van der Waals surface area contributed by atoms with Crippen molar-refractivity contribution in [2.45, 2.75) is 398 Å². The van der Waals surface area contributed by atoms with E-state index in [0.29, 0.717) is 19.4 Å². The van der Waals surface area contributed by atoms with Gasteiger partial charge in [-0.25, -0.2) is 0 Å². The zero-order chi connectivity index (χ0) is 59.2. The number of hydrogen-bond acceptors (Lipinski definition) is 5. The van der Waals surface area contributed by atoms with Crippen LogP contribution in [0.25, 0.3) is 0 Å². The number of aliphatic hydroxyl groups excluding tert-OH is 2. The number of allylic oxidation sites excluding steroid dienone is 9. The highest BCUT2D eigenvalue weighted by Crippen LogP contribution is 2.18. The molecule has 1 amide bonds. The second kappa shape index (κ2) is 71.0. The predicted octanol–water partition coefficient (Wildman–Crippen LogP) is 23.8. The smallest absolute Gasteiger partial charge is 0.305 e. The number of unbranched alkanes of at least 4 members (excludes halogenated alkanes) is 49. The fourth-order valence-corrected chi connectivity index (χ4v) is 11.2. The van der Waals surface area contributed by atoms with Gasteiger partial charge >= 0.3 is 5.97 Å². The van der Waals surface area contributed by atoms with Gasteiger partial charge in [-0.15, -0.1) is 0 Å². The van der Waals surface area contributed by atoms with Gasteiger partial charge in [-0.1, -0.05) is 338 Å². The summed E-state index contributed by atoms with van der Waals surface area (Å²) >= 11 is 0. The Hall–Kier alpha value is -2.44. The van der Waals surface area contributed by atoms with Crippen LogP contribution in [0.1, 0.15) is 386 Å². The Morgan fingerprint density at radius 2 is 0.610 bits per heavy atom. The molecule has 480 valence electrons. The Bertz CT molecular complexity index is 1420. The molecule has 0 aliphatic carbocycles. The number of hydrogen-bond donors (Lipinski definition) is 3. The highest BCUT2D eigenvalue weighted by atomic mass is 16.5. The second-order valence-corrected chi connectivity index (χ2v) is 24.9. The fourth-order valence-electron chi connectivity index (χ4n) is 11.2. The van der Waals surface area contributed by atoms with Crippen LogP contribution < -0.4 is 5.32 Å². The predicted molar refractivity (Wildman–Crippen MR) is 361 cm³/mol. The Morgan fingerprint density at radius 1 is 0.341 bits per heavy atom. The van der Waals surface area contributed by atoms with Gasteiger partial charge in [0.25, 0.3) is 0 Å². The van der Waals surface area contributed by atoms with Crippen molar-refractivity contribution in [2.75, 3.05) is 13.2 Å².